The van der Waals surface area contributed by atoms with Crippen LogP contribution < -0.4 is 0 Å². The number of carbonyl (C=O) groups excluding carboxylic acids is 2. The summed E-state index contributed by atoms with van der Waals surface area (Å²) in [4.78, 5) is 30.9. The average Bonchev–Trinajstić information content (AvgIpc) is 3.61. The summed E-state index contributed by atoms with van der Waals surface area (Å²) in [6.07, 6.45) is 13.1. The third kappa shape index (κ3) is 6.89. The van der Waals surface area contributed by atoms with Gasteiger partial charge < -0.3 is 43.5 Å². The second-order valence-electron chi connectivity index (χ2n) is 19.1. The molecular formula is C47H73NO10. The summed E-state index contributed by atoms with van der Waals surface area (Å²) in [5, 5.41) is 25.9. The fraction of sp³-hybridized carbons (Fsp3) is 0.830. The predicted octanol–water partition coefficient (Wildman–Crippen LogP) is 6.75. The van der Waals surface area contributed by atoms with E-state index in [1.807, 2.05) is 6.07 Å². The Bertz CT molecular complexity index is 1550. The number of rotatable bonds is 22. The second kappa shape index (κ2) is 18.1. The van der Waals surface area contributed by atoms with Crippen LogP contribution in [0.1, 0.15) is 126 Å². The molecule has 2 N–H and O–H groups in total. The lowest BCUT2D eigenvalue weighted by molar-refractivity contribution is -0.317. The van der Waals surface area contributed by atoms with Gasteiger partial charge in [-0.3, -0.25) is 4.79 Å². The van der Waals surface area contributed by atoms with Gasteiger partial charge >= 0.3 is 11.9 Å². The summed E-state index contributed by atoms with van der Waals surface area (Å²) in [7, 11) is 8.81. The highest BCUT2D eigenvalue weighted by Crippen LogP contribution is 2.80. The van der Waals surface area contributed by atoms with Gasteiger partial charge in [-0.1, -0.05) is 102 Å². The number of piperidine rings is 1. The molecule has 7 rings (SSSR count). The maximum atomic E-state index is 14.5. The molecule has 11 nitrogen and oxygen atoms in total. The number of nitrogens with zero attached hydrogens (tertiary/aromatic N) is 1. The molecule has 1 aromatic carbocycles. The molecule has 0 amide bonds. The van der Waals surface area contributed by atoms with Gasteiger partial charge in [0.25, 0.3) is 0 Å². The molecule has 11 heteroatoms. The average molecular weight is 812 g/mol. The maximum absolute atomic E-state index is 14.5. The Morgan fingerprint density at radius 2 is 1.47 bits per heavy atom. The SMILES string of the molecule is CCCCCCCCCCCCCCCC(=O)O[C@]12[C@H]3[C@@H](OC(=O)c4ccccc4)[C@@](O)(C[C@H]3[C@@]34[C@@H](OC)CC[C@@]5(COC)CN(C)[C@@H]3[C@@H]1[C@H](OC)[C@H]54)[C@@H](OC)[C@@H]2O. The van der Waals surface area contributed by atoms with Crippen LogP contribution in [0.3, 0.4) is 0 Å². The number of hydrogen-bond donors (Lipinski definition) is 2. The van der Waals surface area contributed by atoms with E-state index < -0.39 is 64.8 Å². The Labute approximate surface area is 347 Å². The number of aliphatic hydroxyl groups is 2. The maximum Gasteiger partial charge on any atom is 0.338 e. The standard InChI is InChI=1S/C47H73NO10/c1-7-8-9-10-11-12-13-14-15-16-17-18-22-25-34(49)58-47-35-32(28-45(52,42(56-6)40(47)50)41(35)57-43(51)31-23-20-19-21-24-31)46-33(54-4)26-27-44(30-53-3)29-48(2)39(46)36(47)37(55-5)38(44)46/h19-21,23-24,32-33,35-42,50,52H,7-18,22,25-30H2,1-6H3/t32-,33+,35-,36+,37+,38-,39-,40+,41-,42+,44+,45+,46+,47-/m1/s1. The Hall–Kier alpha value is -2.12. The fourth-order valence-corrected chi connectivity index (χ4v) is 14.5. The van der Waals surface area contributed by atoms with Crippen molar-refractivity contribution < 1.29 is 48.2 Å². The smallest absolute Gasteiger partial charge is 0.338 e. The van der Waals surface area contributed by atoms with E-state index in [4.69, 9.17) is 28.4 Å². The van der Waals surface area contributed by atoms with E-state index in [1.165, 1.54) is 64.9 Å². The summed E-state index contributed by atoms with van der Waals surface area (Å²) in [6, 6.07) is 8.53. The normalized spacial score (nSPS) is 40.8. The lowest BCUT2D eigenvalue weighted by atomic mass is 9.43. The van der Waals surface area contributed by atoms with Crippen molar-refractivity contribution in [1.82, 2.24) is 4.90 Å². The largest absolute Gasteiger partial charge is 0.455 e. The minimum atomic E-state index is -1.77. The summed E-state index contributed by atoms with van der Waals surface area (Å²) in [6.45, 7) is 3.50. The van der Waals surface area contributed by atoms with E-state index >= 15 is 0 Å². The van der Waals surface area contributed by atoms with Crippen LogP contribution in [-0.2, 0) is 33.2 Å². The van der Waals surface area contributed by atoms with E-state index in [-0.39, 0.29) is 42.2 Å². The first-order valence-electron chi connectivity index (χ1n) is 22.7. The second-order valence-corrected chi connectivity index (χ2v) is 19.1. The van der Waals surface area contributed by atoms with Crippen LogP contribution in [0.4, 0.5) is 0 Å². The van der Waals surface area contributed by atoms with Crippen LogP contribution in [0, 0.1) is 34.5 Å². The zero-order valence-corrected chi connectivity index (χ0v) is 36.2. The van der Waals surface area contributed by atoms with Crippen molar-refractivity contribution in [3.63, 3.8) is 0 Å². The summed E-state index contributed by atoms with van der Waals surface area (Å²) < 4.78 is 38.8. The van der Waals surface area contributed by atoms with E-state index in [1.54, 1.807) is 45.6 Å². The third-order valence-corrected chi connectivity index (χ3v) is 16.2. The molecule has 1 spiro atoms. The van der Waals surface area contributed by atoms with Crippen LogP contribution in [0.2, 0.25) is 0 Å². The number of ether oxygens (including phenoxy) is 6. The number of unbranched alkanes of at least 4 members (excludes halogenated alkanes) is 12. The molecule has 1 saturated heterocycles. The highest BCUT2D eigenvalue weighted by atomic mass is 16.6. The van der Waals surface area contributed by atoms with Gasteiger partial charge in [-0.15, -0.1) is 0 Å². The molecule has 1 aromatic rings. The summed E-state index contributed by atoms with van der Waals surface area (Å²) in [5.74, 6) is -2.78. The van der Waals surface area contributed by atoms with E-state index in [0.717, 1.165) is 38.6 Å². The minimum absolute atomic E-state index is 0.108. The zero-order chi connectivity index (χ0) is 41.3. The molecule has 0 aromatic heterocycles. The summed E-state index contributed by atoms with van der Waals surface area (Å²) >= 11 is 0. The Balaban J connectivity index is 1.20. The Morgan fingerprint density at radius 3 is 2.05 bits per heavy atom. The lowest BCUT2D eigenvalue weighted by Crippen LogP contribution is -2.80. The molecule has 5 saturated carbocycles. The number of esters is 2. The molecule has 326 valence electrons. The lowest BCUT2D eigenvalue weighted by Gasteiger charge is -2.69. The fourth-order valence-electron chi connectivity index (χ4n) is 14.5. The highest BCUT2D eigenvalue weighted by Gasteiger charge is 2.91. The van der Waals surface area contributed by atoms with Crippen molar-refractivity contribution in [3.05, 3.63) is 35.9 Å². The predicted molar refractivity (Wildman–Crippen MR) is 219 cm³/mol. The Kier molecular flexibility index (Phi) is 13.7. The van der Waals surface area contributed by atoms with Gasteiger partial charge in [0.05, 0.1) is 24.4 Å². The molecule has 6 aliphatic rings. The number of methoxy groups -OCH3 is 4. The molecular weight excluding hydrogens is 739 g/mol. The molecule has 7 bridgehead atoms. The topological polar surface area (TPSA) is 133 Å². The first kappa shape index (κ1) is 44.0. The van der Waals surface area contributed by atoms with Gasteiger partial charge in [-0.25, -0.2) is 4.79 Å². The monoisotopic (exact) mass is 812 g/mol. The number of fused-ring (bicyclic) bond motifs is 2. The number of benzene rings is 1. The van der Waals surface area contributed by atoms with Crippen molar-refractivity contribution >= 4 is 11.9 Å². The van der Waals surface area contributed by atoms with Crippen molar-refractivity contribution in [2.45, 2.75) is 164 Å². The molecule has 14 atom stereocenters. The first-order valence-corrected chi connectivity index (χ1v) is 22.7. The molecule has 1 aliphatic heterocycles. The van der Waals surface area contributed by atoms with E-state index in [2.05, 4.69) is 18.9 Å². The van der Waals surface area contributed by atoms with Crippen LogP contribution in [0.5, 0.6) is 0 Å². The van der Waals surface area contributed by atoms with Crippen LogP contribution in [0.15, 0.2) is 30.3 Å². The number of carbonyl (C=O) groups is 2. The van der Waals surface area contributed by atoms with Crippen LogP contribution in [0.25, 0.3) is 0 Å². The number of likely N-dealkylation sites (tertiary alicyclic amines) is 1. The van der Waals surface area contributed by atoms with Gasteiger partial charge in [0.1, 0.15) is 23.9 Å². The molecule has 0 radical (unpaired) electrons. The van der Waals surface area contributed by atoms with E-state index in [0.29, 0.717) is 18.6 Å². The molecule has 5 aliphatic carbocycles. The van der Waals surface area contributed by atoms with Gasteiger partial charge in [0.15, 0.2) is 5.60 Å². The zero-order valence-electron chi connectivity index (χ0n) is 36.2. The summed E-state index contributed by atoms with van der Waals surface area (Å²) in [5.41, 5.74) is -3.96. The quantitative estimate of drug-likeness (QED) is 0.0953. The number of aliphatic hydroxyl groups excluding tert-OH is 1. The molecule has 6 fully saturated rings. The first-order chi connectivity index (χ1) is 28.1. The van der Waals surface area contributed by atoms with Gasteiger partial charge in [-0.2, -0.15) is 0 Å². The number of hydrogen-bond acceptors (Lipinski definition) is 11. The van der Waals surface area contributed by atoms with E-state index in [9.17, 15) is 19.8 Å². The highest BCUT2D eigenvalue weighted by molar-refractivity contribution is 5.89. The van der Waals surface area contributed by atoms with Crippen molar-refractivity contribution in [2.24, 2.45) is 34.5 Å². The van der Waals surface area contributed by atoms with Gasteiger partial charge in [0, 0.05) is 76.0 Å². The minimum Gasteiger partial charge on any atom is -0.455 e. The van der Waals surface area contributed by atoms with Crippen LogP contribution in [-0.4, -0.2) is 123 Å². The van der Waals surface area contributed by atoms with Gasteiger partial charge in [0.2, 0.25) is 0 Å². The molecule has 0 unspecified atom stereocenters. The van der Waals surface area contributed by atoms with Crippen LogP contribution >= 0.6 is 0 Å². The van der Waals surface area contributed by atoms with Crippen molar-refractivity contribution in [1.29, 1.82) is 0 Å². The van der Waals surface area contributed by atoms with Gasteiger partial charge in [-0.05, 0) is 50.8 Å². The van der Waals surface area contributed by atoms with Crippen molar-refractivity contribution in [2.75, 3.05) is 48.6 Å². The Morgan fingerprint density at radius 1 is 0.828 bits per heavy atom. The molecule has 58 heavy (non-hydrogen) atoms. The van der Waals surface area contributed by atoms with Crippen molar-refractivity contribution in [3.8, 4) is 0 Å². The third-order valence-electron chi connectivity index (χ3n) is 16.2. The molecule has 1 heterocycles.